The van der Waals surface area contributed by atoms with E-state index < -0.39 is 0 Å². The molecule has 0 aliphatic carbocycles. The van der Waals surface area contributed by atoms with Crippen molar-refractivity contribution in [3.05, 3.63) is 52.4 Å². The third-order valence-electron chi connectivity index (χ3n) is 2.02. The molecule has 1 rings (SSSR count). The third-order valence-corrected chi connectivity index (χ3v) is 2.02. The van der Waals surface area contributed by atoms with E-state index in [1.807, 2.05) is 18.2 Å². The van der Waals surface area contributed by atoms with Crippen molar-refractivity contribution < 1.29 is 0 Å². The van der Waals surface area contributed by atoms with Crippen molar-refractivity contribution in [3.63, 3.8) is 0 Å². The van der Waals surface area contributed by atoms with Crippen LogP contribution in [0.5, 0.6) is 0 Å². The summed E-state index contributed by atoms with van der Waals surface area (Å²) in [5.41, 5.74) is 10.5. The predicted molar refractivity (Wildman–Crippen MR) is 57.7 cm³/mol. The summed E-state index contributed by atoms with van der Waals surface area (Å²) >= 11 is 0. The fraction of sp³-hybridized carbons (Fsp3) is 0.364. The van der Waals surface area contributed by atoms with Crippen LogP contribution in [0.15, 0.2) is 29.4 Å². The van der Waals surface area contributed by atoms with Crippen molar-refractivity contribution in [3.8, 4) is 0 Å². The molecular formula is C11H14N3. The average molecular weight is 188 g/mol. The van der Waals surface area contributed by atoms with E-state index in [1.165, 1.54) is 5.56 Å². The summed E-state index contributed by atoms with van der Waals surface area (Å²) < 4.78 is 0. The molecule has 1 aromatic rings. The first-order valence-electron chi connectivity index (χ1n) is 4.52. The maximum atomic E-state index is 8.25. The molecule has 1 radical (unpaired) electrons. The summed E-state index contributed by atoms with van der Waals surface area (Å²) in [4.78, 5) is 2.72. The van der Waals surface area contributed by atoms with Gasteiger partial charge in [-0.2, -0.15) is 0 Å². The van der Waals surface area contributed by atoms with E-state index in [2.05, 4.69) is 36.9 Å². The molecule has 1 aromatic carbocycles. The van der Waals surface area contributed by atoms with Crippen LogP contribution < -0.4 is 0 Å². The molecule has 0 bridgehead atoms. The van der Waals surface area contributed by atoms with Gasteiger partial charge in [-0.05, 0) is 22.1 Å². The van der Waals surface area contributed by atoms with Crippen molar-refractivity contribution >= 4 is 0 Å². The molecular weight excluding hydrogens is 174 g/mol. The highest BCUT2D eigenvalue weighted by molar-refractivity contribution is 5.37. The van der Waals surface area contributed by atoms with Crippen LogP contribution >= 0.6 is 0 Å². The van der Waals surface area contributed by atoms with Crippen molar-refractivity contribution in [1.29, 1.82) is 0 Å². The first-order valence-corrected chi connectivity index (χ1v) is 4.52. The van der Waals surface area contributed by atoms with Crippen molar-refractivity contribution in [1.82, 2.24) is 0 Å². The second-order valence-electron chi connectivity index (χ2n) is 4.17. The molecule has 0 unspecified atom stereocenters. The number of rotatable bonds is 2. The molecule has 0 aromatic heterocycles. The lowest BCUT2D eigenvalue weighted by atomic mass is 9.84. The van der Waals surface area contributed by atoms with Gasteiger partial charge in [0.25, 0.3) is 0 Å². The quantitative estimate of drug-likeness (QED) is 0.385. The smallest absolute Gasteiger partial charge is 0.0753 e. The average Bonchev–Trinajstić information content (AvgIpc) is 2.14. The van der Waals surface area contributed by atoms with Crippen LogP contribution in [0.4, 0.5) is 0 Å². The Bertz CT molecular complexity index is 357. The van der Waals surface area contributed by atoms with E-state index >= 15 is 0 Å². The first kappa shape index (κ1) is 10.6. The van der Waals surface area contributed by atoms with Gasteiger partial charge < -0.3 is 0 Å². The minimum absolute atomic E-state index is 0.0675. The summed E-state index contributed by atoms with van der Waals surface area (Å²) in [5.74, 6) is 0. The summed E-state index contributed by atoms with van der Waals surface area (Å²) in [6, 6.07) is 7.94. The van der Waals surface area contributed by atoms with Crippen molar-refractivity contribution in [2.24, 2.45) is 5.11 Å². The van der Waals surface area contributed by atoms with Crippen LogP contribution in [0.1, 0.15) is 31.9 Å². The molecule has 0 heterocycles. The molecule has 0 atom stereocenters. The van der Waals surface area contributed by atoms with Gasteiger partial charge in [-0.15, -0.1) is 0 Å². The van der Waals surface area contributed by atoms with Crippen LogP contribution in [-0.2, 0) is 5.41 Å². The minimum Gasteiger partial charge on any atom is -0.0851 e. The number of azide groups is 1. The molecule has 3 heteroatoms. The Kier molecular flexibility index (Phi) is 3.15. The summed E-state index contributed by atoms with van der Waals surface area (Å²) in [6.45, 7) is 7.96. The lowest BCUT2D eigenvalue weighted by Crippen LogP contribution is -2.13. The highest BCUT2D eigenvalue weighted by Crippen LogP contribution is 2.26. The Morgan fingerprint density at radius 3 is 2.50 bits per heavy atom. The lowest BCUT2D eigenvalue weighted by Gasteiger charge is -2.21. The Balaban J connectivity index is 3.09. The van der Waals surface area contributed by atoms with E-state index in [0.29, 0.717) is 0 Å². The lowest BCUT2D eigenvalue weighted by molar-refractivity contribution is 0.586. The Labute approximate surface area is 84.4 Å². The van der Waals surface area contributed by atoms with Gasteiger partial charge in [-0.3, -0.25) is 0 Å². The van der Waals surface area contributed by atoms with Gasteiger partial charge in [0.1, 0.15) is 0 Å². The molecule has 0 fully saturated rings. The van der Waals surface area contributed by atoms with Gasteiger partial charge >= 0.3 is 0 Å². The highest BCUT2D eigenvalue weighted by Gasteiger charge is 2.16. The van der Waals surface area contributed by atoms with E-state index in [1.54, 1.807) is 6.54 Å². The maximum Gasteiger partial charge on any atom is 0.0753 e. The van der Waals surface area contributed by atoms with Gasteiger partial charge in [0.15, 0.2) is 0 Å². The summed E-state index contributed by atoms with van der Waals surface area (Å²) in [5, 5.41) is 3.47. The Morgan fingerprint density at radius 2 is 1.93 bits per heavy atom. The monoisotopic (exact) mass is 188 g/mol. The number of nitrogens with zero attached hydrogens (tertiary/aromatic N) is 3. The molecule has 0 N–H and O–H groups in total. The minimum atomic E-state index is 0.0675. The summed E-state index contributed by atoms with van der Waals surface area (Å²) in [6.07, 6.45) is 0. The molecule has 0 saturated carbocycles. The van der Waals surface area contributed by atoms with Crippen LogP contribution in [0.3, 0.4) is 0 Å². The van der Waals surface area contributed by atoms with E-state index in [0.717, 1.165) is 5.56 Å². The van der Waals surface area contributed by atoms with Gasteiger partial charge in [0.2, 0.25) is 0 Å². The first-order chi connectivity index (χ1) is 6.55. The highest BCUT2D eigenvalue weighted by atomic mass is 15.1. The molecule has 0 saturated heterocycles. The van der Waals surface area contributed by atoms with Gasteiger partial charge in [0.05, 0.1) is 6.54 Å². The molecule has 3 nitrogen and oxygen atoms in total. The number of benzene rings is 1. The number of hydrogen-bond acceptors (Lipinski definition) is 1. The predicted octanol–water partition coefficient (Wildman–Crippen LogP) is 3.80. The third kappa shape index (κ3) is 2.51. The summed E-state index contributed by atoms with van der Waals surface area (Å²) in [7, 11) is 0. The van der Waals surface area contributed by atoms with Crippen molar-refractivity contribution in [2.45, 2.75) is 26.2 Å². The molecule has 0 amide bonds. The Hall–Kier alpha value is -1.47. The molecule has 0 aliphatic rings. The second kappa shape index (κ2) is 4.16. The van der Waals surface area contributed by atoms with E-state index in [-0.39, 0.29) is 5.41 Å². The topological polar surface area (TPSA) is 48.8 Å². The van der Waals surface area contributed by atoms with Gasteiger partial charge in [-0.1, -0.05) is 50.2 Å². The normalized spacial score (nSPS) is 10.8. The molecule has 14 heavy (non-hydrogen) atoms. The molecule has 0 aliphatic heterocycles. The fourth-order valence-electron chi connectivity index (χ4n) is 1.38. The molecule has 0 spiro atoms. The zero-order valence-electron chi connectivity index (χ0n) is 8.73. The van der Waals surface area contributed by atoms with Gasteiger partial charge in [-0.25, -0.2) is 0 Å². The van der Waals surface area contributed by atoms with Crippen molar-refractivity contribution in [2.75, 3.05) is 0 Å². The van der Waals surface area contributed by atoms with Crippen LogP contribution in [0.25, 0.3) is 10.4 Å². The number of hydrogen-bond donors (Lipinski definition) is 0. The van der Waals surface area contributed by atoms with E-state index in [4.69, 9.17) is 5.53 Å². The SMILES string of the molecule is CC(C)(C)c1ccccc1[CH]N=[N+]=[N-]. The van der Waals surface area contributed by atoms with Crippen LogP contribution in [0.2, 0.25) is 0 Å². The van der Waals surface area contributed by atoms with Crippen LogP contribution in [-0.4, -0.2) is 0 Å². The second-order valence-corrected chi connectivity index (χ2v) is 4.17. The maximum absolute atomic E-state index is 8.25. The van der Waals surface area contributed by atoms with E-state index in [9.17, 15) is 0 Å². The molecule has 73 valence electrons. The largest absolute Gasteiger partial charge is 0.0851 e. The van der Waals surface area contributed by atoms with Crippen LogP contribution in [0, 0.1) is 6.54 Å². The standard InChI is InChI=1S/C11H14N3/c1-11(2,3)10-7-5-4-6-9(10)8-13-14-12/h4-8H,1-3H3. The Morgan fingerprint density at radius 1 is 1.29 bits per heavy atom. The van der Waals surface area contributed by atoms with Gasteiger partial charge in [0, 0.05) is 4.91 Å². The fourth-order valence-corrected chi connectivity index (χ4v) is 1.38. The zero-order valence-corrected chi connectivity index (χ0v) is 8.73. The zero-order chi connectivity index (χ0) is 10.6.